The van der Waals surface area contributed by atoms with Gasteiger partial charge in [0.05, 0.1) is 17.1 Å². The summed E-state index contributed by atoms with van der Waals surface area (Å²) in [6, 6.07) is 6.33. The van der Waals surface area contributed by atoms with E-state index in [0.717, 1.165) is 0 Å². The molecule has 2 rings (SSSR count). The van der Waals surface area contributed by atoms with Gasteiger partial charge in [-0.15, -0.1) is 0 Å². The third-order valence-corrected chi connectivity index (χ3v) is 2.69. The van der Waals surface area contributed by atoms with Crippen molar-refractivity contribution in [2.24, 2.45) is 0 Å². The van der Waals surface area contributed by atoms with Gasteiger partial charge in [-0.3, -0.25) is 10.1 Å². The average Bonchev–Trinajstić information content (AvgIpc) is 2.59. The number of ether oxygens (including phenoxy) is 2. The predicted molar refractivity (Wildman–Crippen MR) is 56.9 cm³/mol. The molecule has 1 aliphatic heterocycles. The molecule has 1 fully saturated rings. The summed E-state index contributed by atoms with van der Waals surface area (Å²) in [6.45, 7) is 3.84. The summed E-state index contributed by atoms with van der Waals surface area (Å²) in [7, 11) is 0. The zero-order valence-corrected chi connectivity index (χ0v) is 9.12. The topological polar surface area (TPSA) is 61.6 Å². The SMILES string of the molecule is C[C@H]1OC(c2cccc([N+](=O)[O-])c2)O[C@@H]1C. The van der Waals surface area contributed by atoms with Gasteiger partial charge in [-0.25, -0.2) is 0 Å². The van der Waals surface area contributed by atoms with Crippen molar-refractivity contribution in [3.8, 4) is 0 Å². The van der Waals surface area contributed by atoms with Gasteiger partial charge in [0.2, 0.25) is 0 Å². The molecule has 0 unspecified atom stereocenters. The molecule has 86 valence electrons. The molecule has 0 spiro atoms. The van der Waals surface area contributed by atoms with Crippen LogP contribution in [0, 0.1) is 10.1 Å². The second-order valence-corrected chi connectivity index (χ2v) is 3.87. The van der Waals surface area contributed by atoms with Gasteiger partial charge in [-0.2, -0.15) is 0 Å². The normalized spacial score (nSPS) is 25.9. The van der Waals surface area contributed by atoms with Gasteiger partial charge in [0.1, 0.15) is 0 Å². The van der Waals surface area contributed by atoms with E-state index in [1.165, 1.54) is 12.1 Å². The first-order valence-electron chi connectivity index (χ1n) is 5.13. The maximum Gasteiger partial charge on any atom is 0.269 e. The third kappa shape index (κ3) is 2.05. The molecule has 2 atom stereocenters. The van der Waals surface area contributed by atoms with Crippen LogP contribution in [0.1, 0.15) is 25.7 Å². The number of nitro benzene ring substituents is 1. The Morgan fingerprint density at radius 3 is 2.44 bits per heavy atom. The lowest BCUT2D eigenvalue weighted by Gasteiger charge is -2.09. The summed E-state index contributed by atoms with van der Waals surface area (Å²) in [5.74, 6) is 0. The Hall–Kier alpha value is -1.46. The van der Waals surface area contributed by atoms with Gasteiger partial charge in [-0.1, -0.05) is 12.1 Å². The highest BCUT2D eigenvalue weighted by atomic mass is 16.7. The minimum absolute atomic E-state index is 0.00395. The highest BCUT2D eigenvalue weighted by Crippen LogP contribution is 2.32. The van der Waals surface area contributed by atoms with Crippen LogP contribution in [0.3, 0.4) is 0 Å². The van der Waals surface area contributed by atoms with E-state index in [4.69, 9.17) is 9.47 Å². The van der Waals surface area contributed by atoms with E-state index in [1.807, 2.05) is 13.8 Å². The second kappa shape index (κ2) is 4.19. The summed E-state index contributed by atoms with van der Waals surface area (Å²) >= 11 is 0. The van der Waals surface area contributed by atoms with Gasteiger partial charge in [-0.05, 0) is 13.8 Å². The molecule has 1 aliphatic rings. The maximum atomic E-state index is 10.6. The largest absolute Gasteiger partial charge is 0.343 e. The van der Waals surface area contributed by atoms with Crippen LogP contribution < -0.4 is 0 Å². The monoisotopic (exact) mass is 223 g/mol. The zero-order valence-electron chi connectivity index (χ0n) is 9.12. The number of non-ortho nitro benzene ring substituents is 1. The van der Waals surface area contributed by atoms with E-state index in [-0.39, 0.29) is 17.9 Å². The van der Waals surface area contributed by atoms with Crippen molar-refractivity contribution in [1.29, 1.82) is 0 Å². The van der Waals surface area contributed by atoms with Crippen LogP contribution >= 0.6 is 0 Å². The van der Waals surface area contributed by atoms with Gasteiger partial charge in [0, 0.05) is 17.7 Å². The first-order valence-corrected chi connectivity index (χ1v) is 5.13. The van der Waals surface area contributed by atoms with E-state index < -0.39 is 11.2 Å². The molecule has 0 amide bonds. The van der Waals surface area contributed by atoms with Gasteiger partial charge in [0.25, 0.3) is 5.69 Å². The molecule has 1 heterocycles. The molecular weight excluding hydrogens is 210 g/mol. The number of hydrogen-bond donors (Lipinski definition) is 0. The Morgan fingerprint density at radius 2 is 1.88 bits per heavy atom. The molecule has 5 nitrogen and oxygen atoms in total. The lowest BCUT2D eigenvalue weighted by molar-refractivity contribution is -0.385. The summed E-state index contributed by atoms with van der Waals surface area (Å²) in [5, 5.41) is 10.6. The highest BCUT2D eigenvalue weighted by molar-refractivity contribution is 5.35. The summed E-state index contributed by atoms with van der Waals surface area (Å²) in [6.07, 6.45) is -0.488. The van der Waals surface area contributed by atoms with E-state index in [1.54, 1.807) is 12.1 Å². The molecule has 0 bridgehead atoms. The molecule has 0 aromatic heterocycles. The van der Waals surface area contributed by atoms with Crippen molar-refractivity contribution in [2.75, 3.05) is 0 Å². The van der Waals surface area contributed by atoms with Crippen LogP contribution in [-0.4, -0.2) is 17.1 Å². The third-order valence-electron chi connectivity index (χ3n) is 2.69. The molecule has 1 aromatic carbocycles. The minimum Gasteiger partial charge on any atom is -0.343 e. The van der Waals surface area contributed by atoms with Crippen molar-refractivity contribution in [2.45, 2.75) is 32.3 Å². The van der Waals surface area contributed by atoms with Crippen molar-refractivity contribution < 1.29 is 14.4 Å². The van der Waals surface area contributed by atoms with Crippen molar-refractivity contribution >= 4 is 5.69 Å². The Morgan fingerprint density at radius 1 is 1.25 bits per heavy atom. The lowest BCUT2D eigenvalue weighted by Crippen LogP contribution is -2.13. The Balaban J connectivity index is 2.21. The van der Waals surface area contributed by atoms with Crippen molar-refractivity contribution in [1.82, 2.24) is 0 Å². The fourth-order valence-electron chi connectivity index (χ4n) is 1.59. The van der Waals surface area contributed by atoms with Crippen LogP contribution in [0.4, 0.5) is 5.69 Å². The highest BCUT2D eigenvalue weighted by Gasteiger charge is 2.31. The molecule has 5 heteroatoms. The van der Waals surface area contributed by atoms with Crippen LogP contribution in [0.15, 0.2) is 24.3 Å². The van der Waals surface area contributed by atoms with Crippen LogP contribution in [0.25, 0.3) is 0 Å². The fraction of sp³-hybridized carbons (Fsp3) is 0.455. The predicted octanol–water partition coefficient (Wildman–Crippen LogP) is 2.42. The Bertz CT molecular complexity index is 397. The van der Waals surface area contributed by atoms with E-state index >= 15 is 0 Å². The quantitative estimate of drug-likeness (QED) is 0.570. The molecular formula is C11H13NO4. The summed E-state index contributed by atoms with van der Waals surface area (Å²) in [5.41, 5.74) is 0.738. The summed E-state index contributed by atoms with van der Waals surface area (Å²) in [4.78, 5) is 10.2. The van der Waals surface area contributed by atoms with Crippen molar-refractivity contribution in [3.63, 3.8) is 0 Å². The molecule has 0 saturated carbocycles. The van der Waals surface area contributed by atoms with E-state index in [9.17, 15) is 10.1 Å². The van der Waals surface area contributed by atoms with Gasteiger partial charge >= 0.3 is 0 Å². The average molecular weight is 223 g/mol. The lowest BCUT2D eigenvalue weighted by atomic mass is 10.2. The Labute approximate surface area is 93.1 Å². The second-order valence-electron chi connectivity index (χ2n) is 3.87. The number of hydrogen-bond acceptors (Lipinski definition) is 4. The van der Waals surface area contributed by atoms with Crippen molar-refractivity contribution in [3.05, 3.63) is 39.9 Å². The number of nitrogens with zero attached hydrogens (tertiary/aromatic N) is 1. The van der Waals surface area contributed by atoms with Crippen LogP contribution in [-0.2, 0) is 9.47 Å². The standard InChI is InChI=1S/C11H13NO4/c1-7-8(2)16-11(15-7)9-4-3-5-10(6-9)12(13)14/h3-8,11H,1-2H3/t7-,8-/m1/s1. The first-order chi connectivity index (χ1) is 7.58. The molecule has 0 N–H and O–H groups in total. The smallest absolute Gasteiger partial charge is 0.269 e. The number of nitro groups is 1. The van der Waals surface area contributed by atoms with Gasteiger partial charge < -0.3 is 9.47 Å². The molecule has 16 heavy (non-hydrogen) atoms. The Kier molecular flexibility index (Phi) is 2.89. The van der Waals surface area contributed by atoms with Crippen LogP contribution in [0.2, 0.25) is 0 Å². The fourth-order valence-corrected chi connectivity index (χ4v) is 1.59. The first kappa shape index (κ1) is 11.0. The van der Waals surface area contributed by atoms with Gasteiger partial charge in [0.15, 0.2) is 6.29 Å². The number of benzene rings is 1. The minimum atomic E-state index is -0.495. The van der Waals surface area contributed by atoms with E-state index in [2.05, 4.69) is 0 Å². The maximum absolute atomic E-state index is 10.6. The molecule has 0 aliphatic carbocycles. The molecule has 0 radical (unpaired) electrons. The molecule has 1 saturated heterocycles. The zero-order chi connectivity index (χ0) is 11.7. The summed E-state index contributed by atoms with van der Waals surface area (Å²) < 4.78 is 11.1. The van der Waals surface area contributed by atoms with Crippen LogP contribution in [0.5, 0.6) is 0 Å². The molecule has 1 aromatic rings. The number of rotatable bonds is 2. The van der Waals surface area contributed by atoms with E-state index in [0.29, 0.717) is 5.56 Å².